The summed E-state index contributed by atoms with van der Waals surface area (Å²) in [7, 11) is 0. The summed E-state index contributed by atoms with van der Waals surface area (Å²) < 4.78 is 80.7. The van der Waals surface area contributed by atoms with Crippen molar-refractivity contribution in [1.82, 2.24) is 0 Å². The number of hydrogen-bond acceptors (Lipinski definition) is 1. The lowest BCUT2D eigenvalue weighted by molar-refractivity contribution is 0.669. The summed E-state index contributed by atoms with van der Waals surface area (Å²) in [5.74, 6) is 0. The molecule has 0 aliphatic heterocycles. The molecule has 11 rings (SSSR count). The molecule has 1 aromatic heterocycles. The summed E-state index contributed by atoms with van der Waals surface area (Å²) in [5, 5.41) is 8.27. The molecule has 0 spiro atoms. The molecule has 0 aliphatic carbocycles. The van der Waals surface area contributed by atoms with Crippen molar-refractivity contribution < 1.29 is 15.4 Å². The van der Waals surface area contributed by atoms with Gasteiger partial charge in [-0.25, -0.2) is 0 Å². The Morgan fingerprint density at radius 1 is 0.353 bits per heavy atom. The SMILES string of the molecule is [2H]c1c([2H])c([2H])c2c(-c3c(-c4ccc5c(c4)oc4ccc6ccccc6c45)ccc4ccccc34)c3c([2H])c([2H])c([2H])c([2H])c3c(-c3ccc4ccccc4c3)c2c1[2H]. The highest BCUT2D eigenvalue weighted by Gasteiger charge is 2.22. The average molecular weight is 655 g/mol. The summed E-state index contributed by atoms with van der Waals surface area (Å²) in [4.78, 5) is 0. The molecule has 51 heavy (non-hydrogen) atoms. The van der Waals surface area contributed by atoms with Crippen LogP contribution >= 0.6 is 0 Å². The maximum absolute atomic E-state index is 9.62. The van der Waals surface area contributed by atoms with Gasteiger partial charge in [0.05, 0.1) is 11.0 Å². The van der Waals surface area contributed by atoms with Crippen LogP contribution in [0.5, 0.6) is 0 Å². The molecule has 10 aromatic carbocycles. The van der Waals surface area contributed by atoms with Gasteiger partial charge >= 0.3 is 0 Å². The van der Waals surface area contributed by atoms with Crippen molar-refractivity contribution >= 4 is 75.8 Å². The second kappa shape index (κ2) is 10.9. The van der Waals surface area contributed by atoms with Crippen molar-refractivity contribution in [2.75, 3.05) is 0 Å². The van der Waals surface area contributed by atoms with E-state index in [4.69, 9.17) is 9.90 Å². The smallest absolute Gasteiger partial charge is 0.136 e. The molecule has 0 unspecified atom stereocenters. The minimum Gasteiger partial charge on any atom is -0.456 e. The number of hydrogen-bond donors (Lipinski definition) is 0. The summed E-state index contributed by atoms with van der Waals surface area (Å²) >= 11 is 0. The van der Waals surface area contributed by atoms with E-state index in [0.29, 0.717) is 33.4 Å². The summed E-state index contributed by atoms with van der Waals surface area (Å²) in [6, 6.07) is 40.5. The molecule has 1 heteroatoms. The van der Waals surface area contributed by atoms with Gasteiger partial charge in [-0.2, -0.15) is 0 Å². The lowest BCUT2D eigenvalue weighted by atomic mass is 9.82. The molecule has 0 atom stereocenters. The van der Waals surface area contributed by atoms with Crippen LogP contribution in [0.25, 0.3) is 109 Å². The highest BCUT2D eigenvalue weighted by Crippen LogP contribution is 2.49. The molecule has 0 amide bonds. The first kappa shape index (κ1) is 21.4. The Hall–Kier alpha value is -6.70. The topological polar surface area (TPSA) is 13.1 Å². The summed E-state index contributed by atoms with van der Waals surface area (Å²) in [6.45, 7) is 0. The first-order valence-corrected chi connectivity index (χ1v) is 16.9. The fourth-order valence-corrected chi connectivity index (χ4v) is 8.00. The van der Waals surface area contributed by atoms with Gasteiger partial charge in [-0.15, -0.1) is 0 Å². The Kier molecular flexibility index (Phi) is 4.57. The fraction of sp³-hybridized carbons (Fsp3) is 0. The molecule has 236 valence electrons. The molecule has 0 aliphatic rings. The Morgan fingerprint density at radius 2 is 0.922 bits per heavy atom. The van der Waals surface area contributed by atoms with Crippen LogP contribution in [0.3, 0.4) is 0 Å². The van der Waals surface area contributed by atoms with Gasteiger partial charge in [0.25, 0.3) is 0 Å². The second-order valence-electron chi connectivity index (χ2n) is 13.0. The van der Waals surface area contributed by atoms with Crippen LogP contribution in [-0.4, -0.2) is 0 Å². The number of furan rings is 1. The van der Waals surface area contributed by atoms with Crippen molar-refractivity contribution in [3.8, 4) is 33.4 Å². The van der Waals surface area contributed by atoms with Gasteiger partial charge in [-0.05, 0) is 112 Å². The maximum Gasteiger partial charge on any atom is 0.136 e. The van der Waals surface area contributed by atoms with Gasteiger partial charge in [0.2, 0.25) is 0 Å². The lowest BCUT2D eigenvalue weighted by Gasteiger charge is -2.21. The summed E-state index contributed by atoms with van der Waals surface area (Å²) in [6.07, 6.45) is 0. The van der Waals surface area contributed by atoms with E-state index in [-0.39, 0.29) is 45.7 Å². The van der Waals surface area contributed by atoms with Gasteiger partial charge in [-0.3, -0.25) is 0 Å². The van der Waals surface area contributed by atoms with Crippen molar-refractivity contribution in [3.05, 3.63) is 182 Å². The van der Waals surface area contributed by atoms with Gasteiger partial charge < -0.3 is 4.42 Å². The van der Waals surface area contributed by atoms with E-state index in [1.54, 1.807) is 0 Å². The molecule has 0 fully saturated rings. The van der Waals surface area contributed by atoms with Crippen molar-refractivity contribution in [3.63, 3.8) is 0 Å². The minimum absolute atomic E-state index is 0.172. The van der Waals surface area contributed by atoms with Crippen molar-refractivity contribution in [2.45, 2.75) is 0 Å². The Balaban J connectivity index is 1.35. The Morgan fingerprint density at radius 3 is 1.67 bits per heavy atom. The molecule has 1 nitrogen and oxygen atoms in total. The largest absolute Gasteiger partial charge is 0.456 e. The van der Waals surface area contributed by atoms with Crippen LogP contribution in [0.15, 0.2) is 186 Å². The molecule has 0 radical (unpaired) electrons. The zero-order valence-corrected chi connectivity index (χ0v) is 27.1. The monoisotopic (exact) mass is 654 g/mol. The Labute approximate surface area is 305 Å². The van der Waals surface area contributed by atoms with E-state index < -0.39 is 24.2 Å². The zero-order chi connectivity index (χ0) is 40.4. The molecule has 0 bridgehead atoms. The van der Waals surface area contributed by atoms with E-state index in [1.807, 2.05) is 121 Å². The molecular weight excluding hydrogens is 617 g/mol. The average Bonchev–Trinajstić information content (AvgIpc) is 3.66. The van der Waals surface area contributed by atoms with Crippen LogP contribution in [0.1, 0.15) is 11.0 Å². The van der Waals surface area contributed by atoms with Crippen LogP contribution in [0, 0.1) is 0 Å². The zero-order valence-electron chi connectivity index (χ0n) is 35.1. The van der Waals surface area contributed by atoms with E-state index in [0.717, 1.165) is 54.2 Å². The van der Waals surface area contributed by atoms with E-state index in [9.17, 15) is 5.48 Å². The number of fused-ring (bicyclic) bond motifs is 9. The quantitative estimate of drug-likeness (QED) is 0.173. The lowest BCUT2D eigenvalue weighted by Crippen LogP contribution is -1.94. The van der Waals surface area contributed by atoms with Crippen LogP contribution in [0.2, 0.25) is 0 Å². The fourth-order valence-electron chi connectivity index (χ4n) is 8.00. The molecule has 1 heterocycles. The number of benzene rings is 10. The van der Waals surface area contributed by atoms with E-state index >= 15 is 0 Å². The molecular formula is C50H30O. The summed E-state index contributed by atoms with van der Waals surface area (Å²) in [5.41, 5.74) is 4.67. The van der Waals surface area contributed by atoms with Crippen molar-refractivity contribution in [2.24, 2.45) is 0 Å². The first-order chi connectivity index (χ1) is 28.6. The maximum atomic E-state index is 9.62. The first-order valence-electron chi connectivity index (χ1n) is 20.9. The predicted molar refractivity (Wildman–Crippen MR) is 218 cm³/mol. The standard InChI is InChI=1S/C50H30O/c1-2-14-34-29-36(22-21-31(34)11-1)47-40-17-7-9-19-42(40)50(43-20-10-8-18-41(43)47)49-38-16-6-4-12-32(38)23-26-39(49)35-24-27-44-46(30-35)51-45-28-25-33-13-3-5-15-37(33)48(44)45/h1-30H/i7D,8D,9D,10D,17D,18D,19D,20D. The van der Waals surface area contributed by atoms with Crippen LogP contribution < -0.4 is 0 Å². The third-order valence-corrected chi connectivity index (χ3v) is 10.3. The van der Waals surface area contributed by atoms with E-state index in [2.05, 4.69) is 12.1 Å². The third-order valence-electron chi connectivity index (χ3n) is 10.3. The molecule has 0 N–H and O–H groups in total. The predicted octanol–water partition coefficient (Wildman–Crippen LogP) is 14.4. The highest BCUT2D eigenvalue weighted by atomic mass is 16.3. The van der Waals surface area contributed by atoms with Crippen molar-refractivity contribution in [1.29, 1.82) is 0 Å². The van der Waals surface area contributed by atoms with Crippen LogP contribution in [-0.2, 0) is 0 Å². The van der Waals surface area contributed by atoms with Gasteiger partial charge in [-0.1, -0.05) is 158 Å². The van der Waals surface area contributed by atoms with Gasteiger partial charge in [0, 0.05) is 10.8 Å². The highest BCUT2D eigenvalue weighted by molar-refractivity contribution is 6.26. The van der Waals surface area contributed by atoms with E-state index in [1.165, 1.54) is 0 Å². The second-order valence-corrected chi connectivity index (χ2v) is 13.0. The number of rotatable bonds is 3. The van der Waals surface area contributed by atoms with Gasteiger partial charge in [0.15, 0.2) is 0 Å². The third kappa shape index (κ3) is 4.22. The Bertz CT molecular complexity index is 3580. The van der Waals surface area contributed by atoms with Crippen LogP contribution in [0.4, 0.5) is 0 Å². The van der Waals surface area contributed by atoms with Gasteiger partial charge in [0.1, 0.15) is 11.2 Å². The minimum atomic E-state index is -0.439. The molecule has 11 aromatic rings. The molecule has 0 saturated heterocycles. The molecule has 0 saturated carbocycles. The normalized spacial score (nSPS) is 14.1.